The first-order valence-corrected chi connectivity index (χ1v) is 8.43. The average molecular weight is 350 g/mol. The monoisotopic (exact) mass is 350 g/mol. The highest BCUT2D eigenvalue weighted by molar-refractivity contribution is 5.85. The van der Waals surface area contributed by atoms with E-state index >= 15 is 0 Å². The zero-order valence-corrected chi connectivity index (χ0v) is 14.7. The molecule has 0 spiro atoms. The summed E-state index contributed by atoms with van der Waals surface area (Å²) in [4.78, 5) is 26.6. The van der Waals surface area contributed by atoms with Crippen molar-refractivity contribution in [3.63, 3.8) is 0 Å². The van der Waals surface area contributed by atoms with Gasteiger partial charge < -0.3 is 19.9 Å². The zero-order chi connectivity index (χ0) is 18.3. The Hall–Kier alpha value is -2.12. The third kappa shape index (κ3) is 4.93. The van der Waals surface area contributed by atoms with Crippen molar-refractivity contribution in [2.75, 3.05) is 26.8 Å². The number of hydrogen-bond acceptors (Lipinski definition) is 6. The second-order valence-electron chi connectivity index (χ2n) is 6.33. The van der Waals surface area contributed by atoms with E-state index in [4.69, 9.17) is 9.47 Å². The van der Waals surface area contributed by atoms with Gasteiger partial charge in [0.05, 0.1) is 13.7 Å². The van der Waals surface area contributed by atoms with Crippen molar-refractivity contribution in [2.24, 2.45) is 0 Å². The minimum atomic E-state index is -1.09. The SMILES string of the molecule is COC(=O)C1(NC(=O)OCc2ccccc2)CCN([C@@H](C)CO)CC1. The van der Waals surface area contributed by atoms with Gasteiger partial charge in [-0.1, -0.05) is 30.3 Å². The van der Waals surface area contributed by atoms with Gasteiger partial charge in [-0.3, -0.25) is 4.90 Å². The van der Waals surface area contributed by atoms with Crippen LogP contribution in [0.1, 0.15) is 25.3 Å². The molecule has 0 radical (unpaired) electrons. The molecule has 1 aromatic carbocycles. The van der Waals surface area contributed by atoms with Crippen LogP contribution >= 0.6 is 0 Å². The number of nitrogens with one attached hydrogen (secondary N) is 1. The first kappa shape index (κ1) is 19.2. The van der Waals surface area contributed by atoms with E-state index in [0.717, 1.165) is 5.56 Å². The third-order valence-corrected chi connectivity index (χ3v) is 4.67. The maximum Gasteiger partial charge on any atom is 0.408 e. The van der Waals surface area contributed by atoms with Gasteiger partial charge in [0, 0.05) is 19.1 Å². The van der Waals surface area contributed by atoms with Gasteiger partial charge in [-0.15, -0.1) is 0 Å². The number of ether oxygens (including phenoxy) is 2. The van der Waals surface area contributed by atoms with E-state index in [9.17, 15) is 14.7 Å². The fourth-order valence-corrected chi connectivity index (χ4v) is 2.99. The molecule has 138 valence electrons. The summed E-state index contributed by atoms with van der Waals surface area (Å²) in [5, 5.41) is 12.0. The molecule has 0 aliphatic carbocycles. The van der Waals surface area contributed by atoms with Gasteiger partial charge in [-0.25, -0.2) is 9.59 Å². The summed E-state index contributed by atoms with van der Waals surface area (Å²) in [6, 6.07) is 9.35. The Balaban J connectivity index is 1.96. The molecule has 0 aromatic heterocycles. The molecule has 0 unspecified atom stereocenters. The number of esters is 1. The van der Waals surface area contributed by atoms with Gasteiger partial charge in [0.25, 0.3) is 0 Å². The largest absolute Gasteiger partial charge is 0.467 e. The van der Waals surface area contributed by atoms with Gasteiger partial charge in [0.1, 0.15) is 12.1 Å². The van der Waals surface area contributed by atoms with Crippen LogP contribution < -0.4 is 5.32 Å². The first-order chi connectivity index (χ1) is 12.0. The lowest BCUT2D eigenvalue weighted by atomic mass is 9.87. The van der Waals surface area contributed by atoms with Crippen LogP contribution in [0.15, 0.2) is 30.3 Å². The van der Waals surface area contributed by atoms with E-state index in [0.29, 0.717) is 25.9 Å². The van der Waals surface area contributed by atoms with Crippen molar-refractivity contribution in [3.05, 3.63) is 35.9 Å². The van der Waals surface area contributed by atoms with E-state index in [1.165, 1.54) is 7.11 Å². The number of nitrogens with zero attached hydrogens (tertiary/aromatic N) is 1. The fourth-order valence-electron chi connectivity index (χ4n) is 2.99. The number of rotatable bonds is 6. The van der Waals surface area contributed by atoms with Crippen molar-refractivity contribution in [2.45, 2.75) is 38.0 Å². The van der Waals surface area contributed by atoms with Crippen molar-refractivity contribution in [1.82, 2.24) is 10.2 Å². The van der Waals surface area contributed by atoms with Crippen molar-refractivity contribution in [1.29, 1.82) is 0 Å². The summed E-state index contributed by atoms with van der Waals surface area (Å²) >= 11 is 0. The summed E-state index contributed by atoms with van der Waals surface area (Å²) in [6.07, 6.45) is 0.174. The number of aliphatic hydroxyl groups excluding tert-OH is 1. The minimum Gasteiger partial charge on any atom is -0.467 e. The molecule has 1 aromatic rings. The van der Waals surface area contributed by atoms with Gasteiger partial charge >= 0.3 is 12.1 Å². The second-order valence-corrected chi connectivity index (χ2v) is 6.33. The van der Waals surface area contributed by atoms with Crippen LogP contribution in [0.3, 0.4) is 0 Å². The van der Waals surface area contributed by atoms with Gasteiger partial charge in [0.15, 0.2) is 0 Å². The quantitative estimate of drug-likeness (QED) is 0.752. The lowest BCUT2D eigenvalue weighted by Gasteiger charge is -2.41. The number of hydrogen-bond donors (Lipinski definition) is 2. The molecule has 0 bridgehead atoms. The molecule has 1 aliphatic heterocycles. The summed E-state index contributed by atoms with van der Waals surface area (Å²) in [6.45, 7) is 3.27. The minimum absolute atomic E-state index is 0.0145. The van der Waals surface area contributed by atoms with Crippen LogP contribution in [0.25, 0.3) is 0 Å². The van der Waals surface area contributed by atoms with Crippen molar-refractivity contribution < 1.29 is 24.2 Å². The number of benzene rings is 1. The fraction of sp³-hybridized carbons (Fsp3) is 0.556. The third-order valence-electron chi connectivity index (χ3n) is 4.67. The topological polar surface area (TPSA) is 88.1 Å². The molecule has 1 fully saturated rings. The molecule has 7 nitrogen and oxygen atoms in total. The maximum atomic E-state index is 12.3. The first-order valence-electron chi connectivity index (χ1n) is 8.43. The van der Waals surface area contributed by atoms with Crippen molar-refractivity contribution >= 4 is 12.1 Å². The number of likely N-dealkylation sites (tertiary alicyclic amines) is 1. The number of aliphatic hydroxyl groups is 1. The molecule has 1 aliphatic rings. The van der Waals surface area contributed by atoms with E-state index in [-0.39, 0.29) is 19.3 Å². The molecule has 25 heavy (non-hydrogen) atoms. The molecule has 1 atom stereocenters. The van der Waals surface area contributed by atoms with E-state index in [2.05, 4.69) is 10.2 Å². The maximum absolute atomic E-state index is 12.3. The molecular formula is C18H26N2O5. The number of methoxy groups -OCH3 is 1. The van der Waals surface area contributed by atoms with Crippen LogP contribution in [-0.4, -0.2) is 60.5 Å². The molecule has 1 heterocycles. The van der Waals surface area contributed by atoms with E-state index < -0.39 is 17.6 Å². The summed E-state index contributed by atoms with van der Waals surface area (Å²) in [7, 11) is 1.31. The lowest BCUT2D eigenvalue weighted by Crippen LogP contribution is -2.61. The highest BCUT2D eigenvalue weighted by atomic mass is 16.6. The standard InChI is InChI=1S/C18H26N2O5/c1-14(12-21)20-10-8-18(9-11-20,16(22)24-2)19-17(23)25-13-15-6-4-3-5-7-15/h3-7,14,21H,8-13H2,1-2H3,(H,19,23)/t14-/m0/s1. The molecular weight excluding hydrogens is 324 g/mol. The molecule has 2 N–H and O–H groups in total. The van der Waals surface area contributed by atoms with Crippen LogP contribution in [0.4, 0.5) is 4.79 Å². The highest BCUT2D eigenvalue weighted by Crippen LogP contribution is 2.25. The van der Waals surface area contributed by atoms with E-state index in [1.54, 1.807) is 0 Å². The Bertz CT molecular complexity index is 570. The van der Waals surface area contributed by atoms with Crippen LogP contribution in [0.2, 0.25) is 0 Å². The predicted octanol–water partition coefficient (Wildman–Crippen LogP) is 1.30. The van der Waals surface area contributed by atoms with Crippen LogP contribution in [-0.2, 0) is 20.9 Å². The Morgan fingerprint density at radius 1 is 1.28 bits per heavy atom. The number of piperidine rings is 1. The van der Waals surface area contributed by atoms with E-state index in [1.807, 2.05) is 37.3 Å². The molecule has 1 saturated heterocycles. The average Bonchev–Trinajstić information content (AvgIpc) is 2.66. The summed E-state index contributed by atoms with van der Waals surface area (Å²) < 4.78 is 10.1. The van der Waals surface area contributed by atoms with Crippen LogP contribution in [0.5, 0.6) is 0 Å². The summed E-state index contributed by atoms with van der Waals surface area (Å²) in [5.74, 6) is -0.472. The Kier molecular flexibility index (Phi) is 6.78. The molecule has 1 amide bonds. The number of alkyl carbamates (subject to hydrolysis) is 1. The molecule has 0 saturated carbocycles. The number of carbonyl (C=O) groups excluding carboxylic acids is 2. The Labute approximate surface area is 147 Å². The number of amides is 1. The number of carbonyl (C=O) groups is 2. The van der Waals surface area contributed by atoms with Gasteiger partial charge in [-0.2, -0.15) is 0 Å². The highest BCUT2D eigenvalue weighted by Gasteiger charge is 2.44. The Morgan fingerprint density at radius 2 is 1.92 bits per heavy atom. The van der Waals surface area contributed by atoms with Crippen molar-refractivity contribution in [3.8, 4) is 0 Å². The normalized spacial score (nSPS) is 18.2. The molecule has 2 rings (SSSR count). The second kappa shape index (κ2) is 8.82. The smallest absolute Gasteiger partial charge is 0.408 e. The van der Waals surface area contributed by atoms with Crippen LogP contribution in [0, 0.1) is 0 Å². The Morgan fingerprint density at radius 3 is 2.48 bits per heavy atom. The summed E-state index contributed by atoms with van der Waals surface area (Å²) in [5.41, 5.74) is -0.217. The predicted molar refractivity (Wildman–Crippen MR) is 91.9 cm³/mol. The molecule has 7 heteroatoms. The van der Waals surface area contributed by atoms with Gasteiger partial charge in [-0.05, 0) is 25.3 Å². The van der Waals surface area contributed by atoms with Gasteiger partial charge in [0.2, 0.25) is 0 Å². The lowest BCUT2D eigenvalue weighted by molar-refractivity contribution is -0.151. The zero-order valence-electron chi connectivity index (χ0n) is 14.7.